The van der Waals surface area contributed by atoms with Gasteiger partial charge in [0.25, 0.3) is 0 Å². The molecule has 0 atom stereocenters. The molecule has 0 aliphatic heterocycles. The van der Waals surface area contributed by atoms with Gasteiger partial charge in [0, 0.05) is 22.4 Å². The molecule has 0 radical (unpaired) electrons. The van der Waals surface area contributed by atoms with Crippen LogP contribution in [0.1, 0.15) is 22.4 Å². The van der Waals surface area contributed by atoms with Crippen LogP contribution in [0.4, 0.5) is 18.9 Å². The van der Waals surface area contributed by atoms with E-state index in [2.05, 4.69) is 10.3 Å². The van der Waals surface area contributed by atoms with E-state index in [1.54, 1.807) is 30.3 Å². The van der Waals surface area contributed by atoms with Crippen molar-refractivity contribution in [2.45, 2.75) is 25.0 Å². The van der Waals surface area contributed by atoms with Gasteiger partial charge in [-0.2, -0.15) is 18.4 Å². The number of nitrogens with one attached hydrogen (secondary N) is 1. The Balaban J connectivity index is 1.45. The number of carbonyl (C=O) groups excluding carboxylic acids is 1. The van der Waals surface area contributed by atoms with Crippen LogP contribution >= 0.6 is 11.8 Å². The van der Waals surface area contributed by atoms with Crippen LogP contribution in [-0.4, -0.2) is 23.8 Å². The number of halogens is 3. The average molecular weight is 562 g/mol. The van der Waals surface area contributed by atoms with Crippen molar-refractivity contribution in [3.05, 3.63) is 83.0 Å². The van der Waals surface area contributed by atoms with E-state index in [1.807, 2.05) is 44.2 Å². The van der Waals surface area contributed by atoms with Crippen LogP contribution in [0.2, 0.25) is 0 Å². The molecule has 2 aromatic heterocycles. The molecule has 3 aromatic carbocycles. The summed E-state index contributed by atoms with van der Waals surface area (Å²) in [6, 6.07) is 18.9. The van der Waals surface area contributed by atoms with Crippen molar-refractivity contribution in [3.63, 3.8) is 0 Å². The second-order valence-electron chi connectivity index (χ2n) is 9.13. The van der Waals surface area contributed by atoms with Crippen LogP contribution in [0.3, 0.4) is 0 Å². The van der Waals surface area contributed by atoms with E-state index in [0.717, 1.165) is 39.7 Å². The Kier molecular flexibility index (Phi) is 7.17. The van der Waals surface area contributed by atoms with Gasteiger partial charge >= 0.3 is 6.18 Å². The number of nitriles is 1. The van der Waals surface area contributed by atoms with E-state index in [0.29, 0.717) is 28.2 Å². The molecule has 6 nitrogen and oxygen atoms in total. The molecule has 0 bridgehead atoms. The monoisotopic (exact) mass is 561 g/mol. The number of hydrogen-bond acceptors (Lipinski definition) is 6. The lowest BCUT2D eigenvalue weighted by atomic mass is 9.97. The summed E-state index contributed by atoms with van der Waals surface area (Å²) < 4.78 is 52.6. The van der Waals surface area contributed by atoms with E-state index >= 15 is 0 Å². The Labute approximate surface area is 231 Å². The quantitative estimate of drug-likeness (QED) is 0.212. The molecule has 0 fully saturated rings. The molecule has 40 heavy (non-hydrogen) atoms. The van der Waals surface area contributed by atoms with Crippen LogP contribution in [0, 0.1) is 25.2 Å². The summed E-state index contributed by atoms with van der Waals surface area (Å²) in [5, 5.41) is 14.2. The van der Waals surface area contributed by atoms with Gasteiger partial charge in [-0.05, 0) is 48.7 Å². The first kappa shape index (κ1) is 27.1. The normalized spacial score (nSPS) is 11.5. The molecule has 10 heteroatoms. The molecule has 5 rings (SSSR count). The van der Waals surface area contributed by atoms with Gasteiger partial charge in [-0.1, -0.05) is 48.2 Å². The van der Waals surface area contributed by atoms with Crippen LogP contribution in [0.15, 0.2) is 70.1 Å². The molecule has 202 valence electrons. The average Bonchev–Trinajstić information content (AvgIpc) is 3.29. The fraction of sp³-hybridized carbons (Fsp3) is 0.167. The number of carbonyl (C=O) groups is 1. The minimum atomic E-state index is -4.74. The molecular weight excluding hydrogens is 539 g/mol. The molecule has 0 aliphatic rings. The van der Waals surface area contributed by atoms with Crippen LogP contribution in [0.25, 0.3) is 33.1 Å². The summed E-state index contributed by atoms with van der Waals surface area (Å²) in [6.45, 7) is 3.73. The number of thioether (sulfide) groups is 1. The van der Waals surface area contributed by atoms with E-state index in [4.69, 9.17) is 9.15 Å². The Hall–Kier alpha value is -4.49. The highest BCUT2D eigenvalue weighted by atomic mass is 32.2. The zero-order valence-electron chi connectivity index (χ0n) is 21.6. The molecule has 0 spiro atoms. The van der Waals surface area contributed by atoms with E-state index < -0.39 is 17.8 Å². The number of rotatable bonds is 6. The first-order valence-electron chi connectivity index (χ1n) is 12.1. The lowest BCUT2D eigenvalue weighted by Crippen LogP contribution is -2.16. The van der Waals surface area contributed by atoms with Gasteiger partial charge in [-0.3, -0.25) is 4.79 Å². The molecule has 0 saturated heterocycles. The summed E-state index contributed by atoms with van der Waals surface area (Å²) in [5.41, 5.74) is 2.79. The first-order valence-corrected chi connectivity index (χ1v) is 13.1. The molecule has 0 aliphatic carbocycles. The Morgan fingerprint density at radius 3 is 2.52 bits per heavy atom. The number of alkyl halides is 3. The highest BCUT2D eigenvalue weighted by molar-refractivity contribution is 8.00. The number of anilines is 1. The largest absolute Gasteiger partial charge is 0.495 e. The number of hydrogen-bond donors (Lipinski definition) is 1. The minimum Gasteiger partial charge on any atom is -0.495 e. The van der Waals surface area contributed by atoms with Crippen molar-refractivity contribution in [3.8, 4) is 22.9 Å². The van der Waals surface area contributed by atoms with Gasteiger partial charge in [0.1, 0.15) is 33.7 Å². The number of aryl methyl sites for hydroxylation is 2. The molecule has 0 unspecified atom stereocenters. The second kappa shape index (κ2) is 10.6. The van der Waals surface area contributed by atoms with Crippen LogP contribution in [-0.2, 0) is 11.0 Å². The van der Waals surface area contributed by atoms with Gasteiger partial charge in [-0.15, -0.1) is 0 Å². The highest BCUT2D eigenvalue weighted by Crippen LogP contribution is 2.39. The number of methoxy groups -OCH3 is 1. The lowest BCUT2D eigenvalue weighted by molar-refractivity contribution is -0.141. The van der Waals surface area contributed by atoms with Gasteiger partial charge in [0.05, 0.1) is 24.1 Å². The summed E-state index contributed by atoms with van der Waals surface area (Å²) in [4.78, 5) is 16.6. The fourth-order valence-corrected chi connectivity index (χ4v) is 5.16. The molecule has 5 aromatic rings. The number of pyridine rings is 1. The van der Waals surface area contributed by atoms with E-state index in [9.17, 15) is 23.2 Å². The van der Waals surface area contributed by atoms with E-state index in [1.165, 1.54) is 7.11 Å². The third-order valence-corrected chi connectivity index (χ3v) is 7.49. The number of benzene rings is 3. The minimum absolute atomic E-state index is 0.0321. The molecule has 1 amide bonds. The van der Waals surface area contributed by atoms with E-state index in [-0.39, 0.29) is 21.9 Å². The maximum absolute atomic E-state index is 13.8. The summed E-state index contributed by atoms with van der Waals surface area (Å²) in [5.74, 6) is -0.421. The van der Waals surface area contributed by atoms with Gasteiger partial charge in [0.2, 0.25) is 5.91 Å². The van der Waals surface area contributed by atoms with Crippen molar-refractivity contribution in [2.75, 3.05) is 18.2 Å². The Morgan fingerprint density at radius 1 is 1.05 bits per heavy atom. The predicted molar refractivity (Wildman–Crippen MR) is 148 cm³/mol. The van der Waals surface area contributed by atoms with Crippen molar-refractivity contribution < 1.29 is 27.1 Å². The molecule has 2 heterocycles. The number of fused-ring (bicyclic) bond motifs is 3. The topological polar surface area (TPSA) is 88.1 Å². The number of ether oxygens (including phenoxy) is 1. The standard InChI is InChI=1S/C30H22F3N3O3S/c1-16-8-9-18(10-17(16)2)20-12-27(30(31,32)33)36-29(22(20)14-34)40-15-28(37)35-23-13-25-21(11-26(23)38-3)19-6-4-5-7-24(19)39-25/h4-13H,15H2,1-3H3,(H,35,37). The van der Waals surface area contributed by atoms with Crippen molar-refractivity contribution >= 4 is 45.3 Å². The number of para-hydroxylation sites is 1. The molecular formula is C30H22F3N3O3S. The molecule has 0 saturated carbocycles. The third kappa shape index (κ3) is 5.20. The van der Waals surface area contributed by atoms with Gasteiger partial charge in [0.15, 0.2) is 0 Å². The smallest absolute Gasteiger partial charge is 0.433 e. The third-order valence-electron chi connectivity index (χ3n) is 6.52. The first-order chi connectivity index (χ1) is 19.1. The van der Waals surface area contributed by atoms with Crippen LogP contribution in [0.5, 0.6) is 5.75 Å². The van der Waals surface area contributed by atoms with Crippen molar-refractivity contribution in [1.29, 1.82) is 5.26 Å². The van der Waals surface area contributed by atoms with Crippen molar-refractivity contribution in [2.24, 2.45) is 0 Å². The summed E-state index contributed by atoms with van der Waals surface area (Å²) >= 11 is 0.756. The Morgan fingerprint density at radius 2 is 1.82 bits per heavy atom. The maximum Gasteiger partial charge on any atom is 0.433 e. The summed E-state index contributed by atoms with van der Waals surface area (Å²) in [6.07, 6.45) is -4.74. The zero-order valence-corrected chi connectivity index (χ0v) is 22.5. The predicted octanol–water partition coefficient (Wildman–Crippen LogP) is 7.89. The number of aromatic nitrogens is 1. The van der Waals surface area contributed by atoms with Crippen LogP contribution < -0.4 is 10.1 Å². The van der Waals surface area contributed by atoms with Gasteiger partial charge in [-0.25, -0.2) is 4.98 Å². The summed E-state index contributed by atoms with van der Waals surface area (Å²) in [7, 11) is 1.47. The highest BCUT2D eigenvalue weighted by Gasteiger charge is 2.34. The SMILES string of the molecule is COc1cc2c(cc1NC(=O)CSc1nc(C(F)(F)F)cc(-c3ccc(C)c(C)c3)c1C#N)oc1ccccc12. The number of amides is 1. The molecule has 1 N–H and O–H groups in total. The maximum atomic E-state index is 13.8. The Bertz CT molecular complexity index is 1820. The second-order valence-corrected chi connectivity index (χ2v) is 10.1. The number of nitrogens with zero attached hydrogens (tertiary/aromatic N) is 2. The van der Waals surface area contributed by atoms with Crippen molar-refractivity contribution in [1.82, 2.24) is 4.98 Å². The van der Waals surface area contributed by atoms with Gasteiger partial charge < -0.3 is 14.5 Å². The fourth-order valence-electron chi connectivity index (χ4n) is 4.35. The zero-order chi connectivity index (χ0) is 28.6. The lowest BCUT2D eigenvalue weighted by Gasteiger charge is -2.15. The number of furan rings is 1.